The van der Waals surface area contributed by atoms with E-state index in [0.29, 0.717) is 35.3 Å². The van der Waals surface area contributed by atoms with Crippen molar-refractivity contribution in [2.45, 2.75) is 39.0 Å². The Balaban J connectivity index is 1.40. The van der Waals surface area contributed by atoms with Gasteiger partial charge in [0.05, 0.1) is 10.6 Å². The monoisotopic (exact) mass is 384 g/mol. The van der Waals surface area contributed by atoms with Gasteiger partial charge in [-0.1, -0.05) is 23.8 Å². The maximum absolute atomic E-state index is 12.7. The average Bonchev–Trinajstić information content (AvgIpc) is 3.19. The number of thiazole rings is 1. The Morgan fingerprint density at radius 3 is 2.89 bits per heavy atom. The summed E-state index contributed by atoms with van der Waals surface area (Å²) in [5.74, 6) is 0.745. The first-order valence-electron chi connectivity index (χ1n) is 9.58. The van der Waals surface area contributed by atoms with E-state index >= 15 is 0 Å². The van der Waals surface area contributed by atoms with E-state index in [1.54, 1.807) is 17.3 Å². The van der Waals surface area contributed by atoms with Crippen LogP contribution >= 0.6 is 11.3 Å². The molecular formula is C20H24N4O2S. The Bertz CT molecular complexity index is 832. The minimum absolute atomic E-state index is 0.0324. The molecule has 0 unspecified atom stereocenters. The van der Waals surface area contributed by atoms with Crippen molar-refractivity contribution in [2.24, 2.45) is 5.92 Å². The zero-order valence-electron chi connectivity index (χ0n) is 15.6. The number of anilines is 1. The molecule has 3 heterocycles. The number of amides is 2. The maximum atomic E-state index is 12.7. The first kappa shape index (κ1) is 18.1. The van der Waals surface area contributed by atoms with Crippen LogP contribution in [0.4, 0.5) is 9.93 Å². The van der Waals surface area contributed by atoms with Crippen LogP contribution in [0.3, 0.4) is 0 Å². The highest BCUT2D eigenvalue weighted by atomic mass is 32.1. The van der Waals surface area contributed by atoms with Gasteiger partial charge in [-0.3, -0.25) is 14.7 Å². The van der Waals surface area contributed by atoms with Gasteiger partial charge in [-0.05, 0) is 43.7 Å². The molecule has 2 aromatic rings. The highest BCUT2D eigenvalue weighted by Crippen LogP contribution is 2.32. The van der Waals surface area contributed by atoms with Crippen molar-refractivity contribution in [1.82, 2.24) is 14.9 Å². The minimum atomic E-state index is 0.0324. The Labute approximate surface area is 163 Å². The number of hydrogen-bond acceptors (Lipinski definition) is 5. The molecule has 0 atom stereocenters. The second kappa shape index (κ2) is 7.76. The van der Waals surface area contributed by atoms with Crippen LogP contribution in [0.2, 0.25) is 0 Å². The summed E-state index contributed by atoms with van der Waals surface area (Å²) in [6.45, 7) is 4.11. The lowest BCUT2D eigenvalue weighted by Crippen LogP contribution is -2.36. The number of ketones is 1. The summed E-state index contributed by atoms with van der Waals surface area (Å²) in [5, 5.41) is 0.651. The van der Waals surface area contributed by atoms with Crippen molar-refractivity contribution >= 4 is 28.3 Å². The van der Waals surface area contributed by atoms with Crippen molar-refractivity contribution < 1.29 is 9.59 Å². The summed E-state index contributed by atoms with van der Waals surface area (Å²) >= 11 is 1.35. The molecule has 1 saturated carbocycles. The fourth-order valence-corrected chi connectivity index (χ4v) is 4.64. The first-order chi connectivity index (χ1) is 13.1. The highest BCUT2D eigenvalue weighted by Gasteiger charge is 2.34. The third kappa shape index (κ3) is 3.88. The van der Waals surface area contributed by atoms with Crippen LogP contribution in [-0.4, -0.2) is 46.3 Å². The van der Waals surface area contributed by atoms with E-state index in [1.165, 1.54) is 30.6 Å². The number of rotatable bonds is 7. The van der Waals surface area contributed by atoms with Gasteiger partial charge < -0.3 is 4.90 Å². The van der Waals surface area contributed by atoms with Gasteiger partial charge in [0.1, 0.15) is 0 Å². The van der Waals surface area contributed by atoms with Gasteiger partial charge in [-0.15, -0.1) is 0 Å². The quantitative estimate of drug-likeness (QED) is 0.683. The molecule has 2 fully saturated rings. The maximum Gasteiger partial charge on any atom is 0.326 e. The van der Waals surface area contributed by atoms with Crippen molar-refractivity contribution in [1.29, 1.82) is 0 Å². The summed E-state index contributed by atoms with van der Waals surface area (Å²) in [4.78, 5) is 38.3. The first-order valence-corrected chi connectivity index (χ1v) is 10.4. The number of hydrogen-bond donors (Lipinski definition) is 0. The summed E-state index contributed by atoms with van der Waals surface area (Å²) < 4.78 is 0. The third-order valence-corrected chi connectivity index (χ3v) is 6.65. The normalized spacial score (nSPS) is 17.4. The molecule has 1 aliphatic heterocycles. The topological polar surface area (TPSA) is 66.4 Å². The predicted octanol–water partition coefficient (Wildman–Crippen LogP) is 3.70. The molecule has 0 aromatic carbocycles. The molecule has 1 saturated heterocycles. The van der Waals surface area contributed by atoms with Gasteiger partial charge in [0, 0.05) is 38.4 Å². The molecule has 2 aliphatic rings. The smallest absolute Gasteiger partial charge is 0.322 e. The van der Waals surface area contributed by atoms with Crippen molar-refractivity contribution in [2.75, 3.05) is 24.5 Å². The van der Waals surface area contributed by atoms with Crippen LogP contribution in [0, 0.1) is 12.8 Å². The Morgan fingerprint density at radius 1 is 1.33 bits per heavy atom. The van der Waals surface area contributed by atoms with Gasteiger partial charge in [-0.25, -0.2) is 9.78 Å². The van der Waals surface area contributed by atoms with E-state index < -0.39 is 0 Å². The second-order valence-corrected chi connectivity index (χ2v) is 8.35. The van der Waals surface area contributed by atoms with E-state index in [2.05, 4.69) is 9.97 Å². The average molecular weight is 385 g/mol. The van der Waals surface area contributed by atoms with Crippen LogP contribution < -0.4 is 4.90 Å². The van der Waals surface area contributed by atoms with Crippen molar-refractivity contribution in [3.8, 4) is 0 Å². The zero-order chi connectivity index (χ0) is 18.8. The second-order valence-electron chi connectivity index (χ2n) is 7.37. The van der Waals surface area contributed by atoms with Gasteiger partial charge in [0.15, 0.2) is 10.9 Å². The summed E-state index contributed by atoms with van der Waals surface area (Å²) in [6.07, 6.45) is 8.36. The molecule has 1 aliphatic carbocycles. The SMILES string of the molecule is Cc1nc(N2CCN(CC3CCC3)C2=O)sc1C(=O)CCc1cccnc1. The van der Waals surface area contributed by atoms with Gasteiger partial charge >= 0.3 is 6.03 Å². The standard InChI is InChI=1S/C20H24N4O2S/c1-14-18(17(25)8-7-15-6-3-9-21-12-15)27-19(22-14)24-11-10-23(20(24)26)13-16-4-2-5-16/h3,6,9,12,16H,2,4-5,7-8,10-11,13H2,1H3. The molecule has 0 bridgehead atoms. The lowest BCUT2D eigenvalue weighted by atomic mass is 9.85. The number of nitrogens with zero attached hydrogens (tertiary/aromatic N) is 4. The number of Topliss-reactive ketones (excluding diaryl/α,β-unsaturated/α-hetero) is 1. The van der Waals surface area contributed by atoms with E-state index in [0.717, 1.165) is 24.3 Å². The van der Waals surface area contributed by atoms with E-state index in [1.807, 2.05) is 24.0 Å². The fourth-order valence-electron chi connectivity index (χ4n) is 3.59. The highest BCUT2D eigenvalue weighted by molar-refractivity contribution is 7.17. The molecule has 2 aromatic heterocycles. The van der Waals surface area contributed by atoms with Crippen LogP contribution in [0.25, 0.3) is 0 Å². The number of aryl methyl sites for hydroxylation is 2. The summed E-state index contributed by atoms with van der Waals surface area (Å²) in [6, 6.07) is 3.89. The van der Waals surface area contributed by atoms with Crippen LogP contribution in [0.5, 0.6) is 0 Å². The summed E-state index contributed by atoms with van der Waals surface area (Å²) in [5.41, 5.74) is 1.77. The lowest BCUT2D eigenvalue weighted by molar-refractivity contribution is 0.0986. The molecule has 142 valence electrons. The molecular weight excluding hydrogens is 360 g/mol. The molecule has 0 N–H and O–H groups in total. The fraction of sp³-hybridized carbons (Fsp3) is 0.500. The number of carbonyl (C=O) groups excluding carboxylic acids is 2. The molecule has 27 heavy (non-hydrogen) atoms. The van der Waals surface area contributed by atoms with Gasteiger partial charge in [-0.2, -0.15) is 0 Å². The molecule has 0 radical (unpaired) electrons. The molecule has 0 spiro atoms. The Hall–Kier alpha value is -2.28. The van der Waals surface area contributed by atoms with Crippen LogP contribution in [0.15, 0.2) is 24.5 Å². The Kier molecular flexibility index (Phi) is 5.20. The van der Waals surface area contributed by atoms with E-state index in [9.17, 15) is 9.59 Å². The number of aromatic nitrogens is 2. The van der Waals surface area contributed by atoms with Crippen LogP contribution in [-0.2, 0) is 6.42 Å². The third-order valence-electron chi connectivity index (χ3n) is 5.43. The number of pyridine rings is 1. The number of urea groups is 1. The van der Waals surface area contributed by atoms with Gasteiger partial charge in [0.2, 0.25) is 0 Å². The molecule has 2 amide bonds. The van der Waals surface area contributed by atoms with E-state index in [-0.39, 0.29) is 11.8 Å². The van der Waals surface area contributed by atoms with Crippen molar-refractivity contribution in [3.63, 3.8) is 0 Å². The number of carbonyl (C=O) groups is 2. The summed E-state index contributed by atoms with van der Waals surface area (Å²) in [7, 11) is 0. The minimum Gasteiger partial charge on any atom is -0.322 e. The van der Waals surface area contributed by atoms with Crippen LogP contribution in [0.1, 0.15) is 46.6 Å². The molecule has 4 rings (SSSR count). The van der Waals surface area contributed by atoms with Gasteiger partial charge in [0.25, 0.3) is 0 Å². The molecule has 6 nitrogen and oxygen atoms in total. The lowest BCUT2D eigenvalue weighted by Gasteiger charge is -2.29. The van der Waals surface area contributed by atoms with Crippen molar-refractivity contribution in [3.05, 3.63) is 40.7 Å². The largest absolute Gasteiger partial charge is 0.326 e. The Morgan fingerprint density at radius 2 is 2.19 bits per heavy atom. The van der Waals surface area contributed by atoms with E-state index in [4.69, 9.17) is 0 Å². The predicted molar refractivity (Wildman–Crippen MR) is 105 cm³/mol. The molecule has 7 heteroatoms. The zero-order valence-corrected chi connectivity index (χ0v) is 16.4.